The van der Waals surface area contributed by atoms with Crippen LogP contribution in [0.1, 0.15) is 0 Å². The molecule has 0 aromatic rings. The van der Waals surface area contributed by atoms with Gasteiger partial charge in [-0.25, -0.2) is 0 Å². The first-order valence-electron chi connectivity index (χ1n) is 1.04. The topological polar surface area (TPSA) is 37.9 Å². The summed E-state index contributed by atoms with van der Waals surface area (Å²) in [5, 5.41) is 11.4. The van der Waals surface area contributed by atoms with E-state index >= 15 is 0 Å². The minimum absolute atomic E-state index is 0.723. The largest absolute Gasteiger partial charge is 0.371 e. The van der Waals surface area contributed by atoms with Gasteiger partial charge in [0.2, 0.25) is 5.40 Å². The molecule has 0 saturated heterocycles. The quantitative estimate of drug-likeness (QED) is 0.217. The van der Waals surface area contributed by atoms with Crippen LogP contribution in [-0.2, 0) is 0 Å². The van der Waals surface area contributed by atoms with Crippen molar-refractivity contribution in [1.29, 1.82) is 5.26 Å². The van der Waals surface area contributed by atoms with E-state index in [2.05, 4.69) is 16.6 Å². The van der Waals surface area contributed by atoms with Gasteiger partial charge in [0, 0.05) is 0 Å². The van der Waals surface area contributed by atoms with Gasteiger partial charge in [-0.15, -0.1) is 0 Å². The second-order valence-corrected chi connectivity index (χ2v) is 1.10. The van der Waals surface area contributed by atoms with Crippen molar-refractivity contribution in [2.45, 2.75) is 0 Å². The third-order valence-corrected chi connectivity index (χ3v) is 0.595. The third-order valence-electron chi connectivity index (χ3n) is 0.124. The maximum Gasteiger partial charge on any atom is 0.371 e. The molecule has 0 aliphatic carbocycles. The fraction of sp³-hybridized carbons (Fsp3) is 0. The molecule has 0 aliphatic rings. The Labute approximate surface area is 45.0 Å². The molecule has 0 N–H and O–H groups in total. The van der Waals surface area contributed by atoms with Crippen LogP contribution in [0, 0.1) is 10.7 Å². The molecule has 0 rings (SSSR count). The number of nitrogens with zero attached hydrogens (tertiary/aromatic N) is 2. The smallest absolute Gasteiger partial charge is 0.178 e. The zero-order chi connectivity index (χ0) is 4.83. The van der Waals surface area contributed by atoms with Gasteiger partial charge in [-0.3, -0.25) is 0 Å². The molecule has 2 nitrogen and oxygen atoms in total. The van der Waals surface area contributed by atoms with Crippen LogP contribution in [0.15, 0.2) is 0 Å². The Morgan fingerprint density at radius 1 is 1.83 bits per heavy atom. The van der Waals surface area contributed by atoms with Gasteiger partial charge in [0.1, 0.15) is 0 Å². The Morgan fingerprint density at radius 3 is 2.67 bits per heavy atom. The average Bonchev–Trinajstić information content (AvgIpc) is 1.61. The summed E-state index contributed by atoms with van der Waals surface area (Å²) >= 11 is 4.85. The number of hydrogen-bond acceptors (Lipinski definition) is 4. The fourth-order valence-corrected chi connectivity index (χ4v) is 0.229. The van der Waals surface area contributed by atoms with E-state index in [1.165, 1.54) is 0 Å². The number of isothiocyanates is 1. The summed E-state index contributed by atoms with van der Waals surface area (Å²) in [7, 11) is 0. The molecule has 0 aromatic carbocycles. The van der Waals surface area contributed by atoms with Crippen LogP contribution >= 0.6 is 24.2 Å². The van der Waals surface area contributed by atoms with E-state index in [-0.39, 0.29) is 0 Å². The van der Waals surface area contributed by atoms with E-state index in [4.69, 9.17) is 5.26 Å². The molecule has 4 heteroatoms. The molecule has 0 amide bonds. The standard InChI is InChI=1S/C2N2S2/c3-1-6-4-2-5/q+1. The maximum atomic E-state index is 7.73. The van der Waals surface area contributed by atoms with Crippen molar-refractivity contribution in [3.8, 4) is 5.40 Å². The van der Waals surface area contributed by atoms with Gasteiger partial charge in [0.05, 0.1) is 12.2 Å². The molecule has 0 aliphatic heterocycles. The van der Waals surface area contributed by atoms with Crippen LogP contribution in [0.25, 0.3) is 0 Å². The summed E-state index contributed by atoms with van der Waals surface area (Å²) in [4.78, 5) is 0. The van der Waals surface area contributed by atoms with Crippen molar-refractivity contribution in [1.82, 2.24) is 4.40 Å². The molecule has 0 saturated carbocycles. The monoisotopic (exact) mass is 116 g/mol. The van der Waals surface area contributed by atoms with Gasteiger partial charge in [0.25, 0.3) is 0 Å². The lowest BCUT2D eigenvalue weighted by molar-refractivity contribution is 1.56. The maximum absolute atomic E-state index is 7.73. The number of nitriles is 1. The molecule has 0 spiro atoms. The predicted molar refractivity (Wildman–Crippen MR) is 27.9 cm³/mol. The highest BCUT2D eigenvalue weighted by molar-refractivity contribution is 8.02. The van der Waals surface area contributed by atoms with Crippen LogP contribution in [0.3, 0.4) is 0 Å². The first-order valence-corrected chi connectivity index (χ1v) is 2.22. The number of rotatable bonds is 1. The second-order valence-electron chi connectivity index (χ2n) is 0.365. The van der Waals surface area contributed by atoms with Crippen molar-refractivity contribution >= 4 is 29.3 Å². The van der Waals surface area contributed by atoms with E-state index in [0.717, 1.165) is 11.9 Å². The van der Waals surface area contributed by atoms with Crippen molar-refractivity contribution in [3.05, 3.63) is 0 Å². The Hall–Kier alpha value is -0.360. The van der Waals surface area contributed by atoms with E-state index in [1.807, 2.05) is 5.16 Å². The van der Waals surface area contributed by atoms with Gasteiger partial charge in [-0.1, -0.05) is 0 Å². The van der Waals surface area contributed by atoms with Crippen LogP contribution in [0.5, 0.6) is 0 Å². The molecular weight excluding hydrogens is 116 g/mol. The summed E-state index contributed by atoms with van der Waals surface area (Å²) in [5.41, 5.74) is 0. The molecule has 0 atom stereocenters. The Balaban J connectivity index is 3.16. The average molecular weight is 116 g/mol. The zero-order valence-corrected chi connectivity index (χ0v) is 4.34. The highest BCUT2D eigenvalue weighted by Gasteiger charge is 1.85. The summed E-state index contributed by atoms with van der Waals surface area (Å²) in [5.74, 6) is 0. The van der Waals surface area contributed by atoms with Crippen molar-refractivity contribution in [2.24, 2.45) is 0 Å². The summed E-state index contributed by atoms with van der Waals surface area (Å²) in [6.07, 6.45) is 0. The van der Waals surface area contributed by atoms with Gasteiger partial charge < -0.3 is 0 Å². The van der Waals surface area contributed by atoms with Crippen LogP contribution in [0.2, 0.25) is 0 Å². The number of thiocarbonyl (C=S) groups is 1. The van der Waals surface area contributed by atoms with Crippen LogP contribution in [0.4, 0.5) is 0 Å². The normalized spacial score (nSPS) is 5.17. The molecule has 0 bridgehead atoms. The van der Waals surface area contributed by atoms with Gasteiger partial charge in [-0.2, -0.15) is 5.26 Å². The van der Waals surface area contributed by atoms with E-state index in [9.17, 15) is 0 Å². The molecule has 0 aromatic heterocycles. The highest BCUT2D eigenvalue weighted by Crippen LogP contribution is 1.79. The lowest BCUT2D eigenvalue weighted by atomic mass is 11.8. The van der Waals surface area contributed by atoms with E-state index in [1.54, 1.807) is 5.40 Å². The fourth-order valence-electron chi connectivity index (χ4n) is 0.0390. The number of thiocyanates is 1. The van der Waals surface area contributed by atoms with Gasteiger partial charge in [0.15, 0.2) is 4.40 Å². The minimum atomic E-state index is 0.723. The number of hydrogen-bond donors (Lipinski definition) is 0. The Kier molecular flexibility index (Phi) is 4.36. The Morgan fingerprint density at radius 2 is 2.50 bits per heavy atom. The highest BCUT2D eigenvalue weighted by atomic mass is 32.2. The van der Waals surface area contributed by atoms with E-state index < -0.39 is 0 Å². The molecule has 0 fully saturated rings. The summed E-state index contributed by atoms with van der Waals surface area (Å²) < 4.78 is 3.21. The second kappa shape index (κ2) is 4.64. The van der Waals surface area contributed by atoms with E-state index in [0.29, 0.717) is 0 Å². The Bertz CT molecular complexity index is 107. The van der Waals surface area contributed by atoms with Crippen molar-refractivity contribution in [3.63, 3.8) is 0 Å². The minimum Gasteiger partial charge on any atom is -0.178 e. The SMILES string of the molecule is N#CS[N+]=C=S. The molecule has 1 radical (unpaired) electrons. The molecule has 29 valence electrons. The lowest BCUT2D eigenvalue weighted by Crippen LogP contribution is -1.59. The zero-order valence-electron chi connectivity index (χ0n) is 2.71. The van der Waals surface area contributed by atoms with Crippen molar-refractivity contribution < 1.29 is 0 Å². The molecule has 0 unspecified atom stereocenters. The van der Waals surface area contributed by atoms with Gasteiger partial charge >= 0.3 is 17.1 Å². The van der Waals surface area contributed by atoms with Crippen molar-refractivity contribution in [2.75, 3.05) is 0 Å². The van der Waals surface area contributed by atoms with Crippen LogP contribution < -0.4 is 4.40 Å². The molecular formula is C2N2S2+. The lowest BCUT2D eigenvalue weighted by Gasteiger charge is -1.32. The molecule has 0 heterocycles. The predicted octanol–water partition coefficient (Wildman–Crippen LogP) is 0.554. The third kappa shape index (κ3) is 3.64. The first-order chi connectivity index (χ1) is 2.91. The van der Waals surface area contributed by atoms with Gasteiger partial charge in [-0.05, 0) is 0 Å². The molecule has 6 heavy (non-hydrogen) atoms. The van der Waals surface area contributed by atoms with Crippen LogP contribution in [-0.4, -0.2) is 5.16 Å². The summed E-state index contributed by atoms with van der Waals surface area (Å²) in [6.45, 7) is 0. The first kappa shape index (κ1) is 5.64. The summed E-state index contributed by atoms with van der Waals surface area (Å²) in [6, 6.07) is 0.